The Morgan fingerprint density at radius 3 is 2.48 bits per heavy atom. The predicted molar refractivity (Wildman–Crippen MR) is 166 cm³/mol. The monoisotopic (exact) mass is 583 g/mol. The second-order valence-electron chi connectivity index (χ2n) is 12.6. The molecule has 3 aliphatic rings. The van der Waals surface area contributed by atoms with E-state index < -0.39 is 0 Å². The van der Waals surface area contributed by atoms with E-state index in [2.05, 4.69) is 34.8 Å². The number of carbonyl (C=O) groups excluding carboxylic acids is 3. The Morgan fingerprint density at radius 2 is 1.79 bits per heavy atom. The van der Waals surface area contributed by atoms with Gasteiger partial charge in [0.15, 0.2) is 0 Å². The summed E-state index contributed by atoms with van der Waals surface area (Å²) < 4.78 is 1.74. The van der Waals surface area contributed by atoms with E-state index in [9.17, 15) is 14.4 Å². The van der Waals surface area contributed by atoms with Crippen LogP contribution in [0.25, 0.3) is 5.57 Å². The fraction of sp³-hybridized carbons (Fsp3) is 0.394. The molecule has 2 aliphatic carbocycles. The van der Waals surface area contributed by atoms with Crippen LogP contribution in [0.15, 0.2) is 54.2 Å². The average molecular weight is 584 g/mol. The summed E-state index contributed by atoms with van der Waals surface area (Å²) >= 11 is 1.53. The van der Waals surface area contributed by atoms with Crippen LogP contribution in [-0.2, 0) is 12.0 Å². The molecule has 42 heavy (non-hydrogen) atoms. The van der Waals surface area contributed by atoms with Gasteiger partial charge in [0.25, 0.3) is 17.7 Å². The van der Waals surface area contributed by atoms with Gasteiger partial charge in [0.05, 0.1) is 16.1 Å². The Bertz CT molecular complexity index is 1630. The number of thiophene rings is 1. The number of carbonyl (C=O) groups is 3. The molecule has 0 radical (unpaired) electrons. The minimum absolute atomic E-state index is 0.00340. The maximum atomic E-state index is 13.9. The first-order valence-corrected chi connectivity index (χ1v) is 15.5. The van der Waals surface area contributed by atoms with Gasteiger partial charge in [-0.3, -0.25) is 19.1 Å². The van der Waals surface area contributed by atoms with Crippen LogP contribution in [0.5, 0.6) is 0 Å². The number of anilines is 1. The smallest absolute Gasteiger partial charge is 0.273 e. The zero-order valence-corrected chi connectivity index (χ0v) is 25.6. The number of amides is 3. The van der Waals surface area contributed by atoms with Crippen molar-refractivity contribution in [2.75, 3.05) is 11.9 Å². The summed E-state index contributed by atoms with van der Waals surface area (Å²) in [4.78, 5) is 43.5. The van der Waals surface area contributed by atoms with Crippen molar-refractivity contribution in [3.63, 3.8) is 0 Å². The van der Waals surface area contributed by atoms with Crippen LogP contribution in [-0.4, -0.2) is 45.0 Å². The summed E-state index contributed by atoms with van der Waals surface area (Å²) in [5.41, 5.74) is 5.16. The summed E-state index contributed by atoms with van der Waals surface area (Å²) in [5.74, 6) is 0.0232. The molecule has 1 aromatic carbocycles. The first-order chi connectivity index (χ1) is 20.0. The molecule has 3 amide bonds. The van der Waals surface area contributed by atoms with Crippen molar-refractivity contribution >= 4 is 40.3 Å². The van der Waals surface area contributed by atoms with Crippen molar-refractivity contribution < 1.29 is 14.4 Å². The highest BCUT2D eigenvalue weighted by atomic mass is 32.1. The summed E-state index contributed by atoms with van der Waals surface area (Å²) in [6.07, 6.45) is 8.03. The molecule has 9 heteroatoms. The van der Waals surface area contributed by atoms with Gasteiger partial charge in [0.2, 0.25) is 0 Å². The highest BCUT2D eigenvalue weighted by molar-refractivity contribution is 7.15. The van der Waals surface area contributed by atoms with E-state index in [1.54, 1.807) is 35.0 Å². The van der Waals surface area contributed by atoms with Gasteiger partial charge >= 0.3 is 0 Å². The molecule has 1 fully saturated rings. The van der Waals surface area contributed by atoms with Crippen LogP contribution < -0.4 is 10.6 Å². The van der Waals surface area contributed by atoms with Crippen LogP contribution in [0.1, 0.15) is 93.6 Å². The van der Waals surface area contributed by atoms with Gasteiger partial charge in [-0.05, 0) is 101 Å². The zero-order valence-electron chi connectivity index (χ0n) is 24.8. The molecule has 6 rings (SSSR count). The molecule has 0 saturated heterocycles. The van der Waals surface area contributed by atoms with Crippen molar-refractivity contribution in [3.05, 3.63) is 86.5 Å². The normalized spacial score (nSPS) is 18.3. The lowest BCUT2D eigenvalue weighted by atomic mass is 9.93. The van der Waals surface area contributed by atoms with Crippen LogP contribution in [0.2, 0.25) is 0 Å². The van der Waals surface area contributed by atoms with E-state index in [0.717, 1.165) is 51.5 Å². The molecule has 0 bridgehead atoms. The van der Waals surface area contributed by atoms with Crippen molar-refractivity contribution in [1.29, 1.82) is 0 Å². The molecular formula is C33H37N5O3S. The molecule has 0 spiro atoms. The van der Waals surface area contributed by atoms with Gasteiger partial charge < -0.3 is 15.5 Å². The molecule has 218 valence electrons. The van der Waals surface area contributed by atoms with E-state index in [4.69, 9.17) is 0 Å². The van der Waals surface area contributed by atoms with Crippen LogP contribution in [0.4, 0.5) is 5.69 Å². The number of aryl methyl sites for hydroxylation is 1. The number of rotatable bonds is 5. The SMILES string of the molecule is Cc1cc(C(=O)Nc2ccc(C(=O)N3CCc4cc(C(=O)NC5CC5)sc4C4=CC(C)CC=C43)cc2)n(C(C)(C)C)n1. The van der Waals surface area contributed by atoms with Crippen LogP contribution in [0, 0.1) is 12.8 Å². The van der Waals surface area contributed by atoms with E-state index in [1.807, 2.05) is 38.7 Å². The van der Waals surface area contributed by atoms with Crippen LogP contribution in [0.3, 0.4) is 0 Å². The molecule has 1 atom stereocenters. The standard InChI is InChI=1S/C33H37N5O3S/c1-19-6-13-26-25(16-19)29-22(18-28(42-29)31(40)35-24-11-12-24)14-15-37(26)32(41)21-7-9-23(10-8-21)34-30(39)27-17-20(2)36-38(27)33(3,4)5/h7-10,13,16-19,24H,6,11-12,14-15H2,1-5H3,(H,34,39)(H,35,40). The zero-order chi connectivity index (χ0) is 29.8. The molecule has 1 saturated carbocycles. The van der Waals surface area contributed by atoms with Crippen LogP contribution >= 0.6 is 11.3 Å². The lowest BCUT2D eigenvalue weighted by Gasteiger charge is -2.28. The Kier molecular flexibility index (Phi) is 7.17. The first kappa shape index (κ1) is 28.2. The number of hydrogen-bond acceptors (Lipinski definition) is 5. The predicted octanol–water partition coefficient (Wildman–Crippen LogP) is 6.16. The fourth-order valence-electron chi connectivity index (χ4n) is 5.51. The number of aromatic nitrogens is 2. The lowest BCUT2D eigenvalue weighted by Crippen LogP contribution is -2.32. The van der Waals surface area contributed by atoms with E-state index in [0.29, 0.717) is 41.9 Å². The minimum atomic E-state index is -0.336. The summed E-state index contributed by atoms with van der Waals surface area (Å²) in [6, 6.07) is 11.2. The largest absolute Gasteiger partial charge is 0.349 e. The summed E-state index contributed by atoms with van der Waals surface area (Å²) in [6.45, 7) is 10.6. The highest BCUT2D eigenvalue weighted by Gasteiger charge is 2.32. The molecular weight excluding hydrogens is 546 g/mol. The van der Waals surface area contributed by atoms with Gasteiger partial charge in [-0.25, -0.2) is 0 Å². The minimum Gasteiger partial charge on any atom is -0.349 e. The van der Waals surface area contributed by atoms with Crippen molar-refractivity contribution in [2.24, 2.45) is 5.92 Å². The molecule has 2 N–H and O–H groups in total. The third kappa shape index (κ3) is 5.57. The Hall–Kier alpha value is -3.98. The number of fused-ring (bicyclic) bond motifs is 3. The molecule has 1 unspecified atom stereocenters. The molecule has 3 aromatic rings. The number of hydrogen-bond donors (Lipinski definition) is 2. The van der Waals surface area contributed by atoms with Crippen molar-refractivity contribution in [3.8, 4) is 0 Å². The van der Waals surface area contributed by atoms with E-state index in [1.165, 1.54) is 11.3 Å². The van der Waals surface area contributed by atoms with Gasteiger partial charge in [-0.2, -0.15) is 5.10 Å². The number of allylic oxidation sites excluding steroid dienone is 3. The van der Waals surface area contributed by atoms with Gasteiger partial charge in [-0.1, -0.05) is 19.1 Å². The summed E-state index contributed by atoms with van der Waals surface area (Å²) in [7, 11) is 0. The quantitative estimate of drug-likeness (QED) is 0.376. The third-order valence-corrected chi connectivity index (χ3v) is 9.04. The Morgan fingerprint density at radius 1 is 1.05 bits per heavy atom. The highest BCUT2D eigenvalue weighted by Crippen LogP contribution is 2.42. The first-order valence-electron chi connectivity index (χ1n) is 14.6. The second kappa shape index (κ2) is 10.7. The molecule has 1 aliphatic heterocycles. The maximum Gasteiger partial charge on any atom is 0.273 e. The number of nitrogens with one attached hydrogen (secondary N) is 2. The van der Waals surface area contributed by atoms with Gasteiger partial charge in [-0.15, -0.1) is 11.3 Å². The third-order valence-electron chi connectivity index (χ3n) is 7.83. The lowest BCUT2D eigenvalue weighted by molar-refractivity contribution is 0.0813. The fourth-order valence-corrected chi connectivity index (χ4v) is 6.66. The Balaban J connectivity index is 1.21. The second-order valence-corrected chi connectivity index (χ2v) is 13.6. The summed E-state index contributed by atoms with van der Waals surface area (Å²) in [5, 5.41) is 10.5. The number of nitrogens with zero attached hydrogens (tertiary/aromatic N) is 3. The van der Waals surface area contributed by atoms with Gasteiger partial charge in [0, 0.05) is 40.0 Å². The number of benzene rings is 1. The van der Waals surface area contributed by atoms with E-state index in [-0.39, 0.29) is 23.3 Å². The molecule has 3 heterocycles. The maximum absolute atomic E-state index is 13.9. The topological polar surface area (TPSA) is 96.3 Å². The van der Waals surface area contributed by atoms with Gasteiger partial charge in [0.1, 0.15) is 5.69 Å². The van der Waals surface area contributed by atoms with Crippen molar-refractivity contribution in [2.45, 2.75) is 71.9 Å². The molecule has 2 aromatic heterocycles. The Labute approximate surface area is 250 Å². The van der Waals surface area contributed by atoms with E-state index >= 15 is 0 Å². The molecule has 8 nitrogen and oxygen atoms in total. The van der Waals surface area contributed by atoms with Crippen molar-refractivity contribution in [1.82, 2.24) is 20.0 Å². The average Bonchev–Trinajstić information content (AvgIpc) is 3.53.